The fraction of sp³-hybridized carbons (Fsp3) is 0.323. The molecule has 0 saturated carbocycles. The normalized spacial score (nSPS) is 11.9. The highest BCUT2D eigenvalue weighted by molar-refractivity contribution is 5.85. The molecule has 0 radical (unpaired) electrons. The molecule has 0 spiro atoms. The Kier molecular flexibility index (Phi) is 13.2. The lowest BCUT2D eigenvalue weighted by Gasteiger charge is -2.23. The molecule has 0 atom stereocenters. The van der Waals surface area contributed by atoms with Crippen molar-refractivity contribution in [2.75, 3.05) is 0 Å². The predicted molar refractivity (Wildman–Crippen MR) is 290 cm³/mol. The molecule has 8 rings (SSSR count). The van der Waals surface area contributed by atoms with Crippen LogP contribution >= 0.6 is 0 Å². The number of benzene rings is 6. The van der Waals surface area contributed by atoms with Crippen molar-refractivity contribution < 1.29 is 9.13 Å². The van der Waals surface area contributed by atoms with Crippen molar-refractivity contribution in [2.45, 2.75) is 138 Å². The van der Waals surface area contributed by atoms with Gasteiger partial charge in [-0.05, 0) is 239 Å². The number of aryl methyl sites for hydroxylation is 12. The third-order valence-corrected chi connectivity index (χ3v) is 15.0. The Labute approximate surface area is 417 Å². The quantitative estimate of drug-likeness (QED) is 0.102. The van der Waals surface area contributed by atoms with E-state index in [0.29, 0.717) is 0 Å². The fourth-order valence-corrected chi connectivity index (χ4v) is 11.7. The topological polar surface area (TPSA) is 67.1 Å². The molecule has 0 amide bonds. The highest BCUT2D eigenvalue weighted by atomic mass is 15.3. The summed E-state index contributed by atoms with van der Waals surface area (Å²) in [5, 5.41) is 20.9. The summed E-state index contributed by atoms with van der Waals surface area (Å²) >= 11 is 0. The molecule has 2 aromatic heterocycles. The van der Waals surface area contributed by atoms with Gasteiger partial charge in [0.25, 0.3) is 0 Å². The van der Waals surface area contributed by atoms with Crippen LogP contribution in [0.5, 0.6) is 0 Å². The molecule has 8 nitrogen and oxygen atoms in total. The van der Waals surface area contributed by atoms with E-state index in [1.807, 2.05) is 0 Å². The van der Waals surface area contributed by atoms with Crippen molar-refractivity contribution in [3.63, 3.8) is 0 Å². The van der Waals surface area contributed by atoms with Crippen LogP contribution in [-0.4, -0.2) is 9.13 Å². The zero-order valence-electron chi connectivity index (χ0n) is 45.5. The van der Waals surface area contributed by atoms with E-state index in [-0.39, 0.29) is 0 Å². The van der Waals surface area contributed by atoms with Gasteiger partial charge in [0.2, 0.25) is 0 Å². The van der Waals surface area contributed by atoms with Gasteiger partial charge < -0.3 is 0 Å². The van der Waals surface area contributed by atoms with Crippen LogP contribution < -0.4 is 9.13 Å². The molecular formula is C62H72N8+2. The van der Waals surface area contributed by atoms with E-state index < -0.39 is 0 Å². The first-order valence-corrected chi connectivity index (χ1v) is 24.7. The van der Waals surface area contributed by atoms with Gasteiger partial charge in [0.15, 0.2) is 0 Å². The van der Waals surface area contributed by atoms with Crippen molar-refractivity contribution in [3.05, 3.63) is 185 Å². The molecular weight excluding hydrogens is 857 g/mol. The minimum absolute atomic E-state index is 0.747. The molecule has 0 aliphatic rings. The van der Waals surface area contributed by atoms with E-state index in [1.165, 1.54) is 100 Å². The summed E-state index contributed by atoms with van der Waals surface area (Å²) in [5.41, 5.74) is 32.5. The van der Waals surface area contributed by atoms with E-state index in [0.717, 1.165) is 68.3 Å². The number of imidazole rings is 2. The Morgan fingerprint density at radius 2 is 0.543 bits per heavy atom. The largest absolute Gasteiger partial charge is 0.431 e. The van der Waals surface area contributed by atoms with Crippen LogP contribution in [0.1, 0.15) is 111 Å². The van der Waals surface area contributed by atoms with Crippen molar-refractivity contribution in [1.82, 2.24) is 9.13 Å². The van der Waals surface area contributed by atoms with Gasteiger partial charge in [-0.25, -0.2) is 0 Å². The fourth-order valence-electron chi connectivity index (χ4n) is 11.7. The molecule has 0 saturated heterocycles. The van der Waals surface area contributed by atoms with E-state index in [2.05, 4.69) is 230 Å². The minimum atomic E-state index is 0.747. The van der Waals surface area contributed by atoms with Crippen LogP contribution in [0.2, 0.25) is 0 Å². The number of hydrogen-bond acceptors (Lipinski definition) is 4. The molecule has 0 unspecified atom stereocenters. The number of aromatic nitrogens is 4. The Bertz CT molecular complexity index is 3000. The number of nitrogens with zero attached hydrogens (tertiary/aromatic N) is 8. The molecule has 0 fully saturated rings. The van der Waals surface area contributed by atoms with Crippen LogP contribution in [0.25, 0.3) is 33.9 Å². The molecule has 0 aliphatic carbocycles. The second-order valence-corrected chi connectivity index (χ2v) is 20.5. The standard InChI is InChI=1S/C62H72N8/c1-33-25-37(5)57(38(6)26-33)67-21-22-68(58-39(7)27-34(2)28-40(58)8)61(67)65-63-55-49(17)45(13)53(46(14)50(55)18)54-47(15)51(19)56(52(20)48(54)16)64-66-62-69(59-41(9)29-35(3)30-42(59)10)23-24-70(62)60-43(11)31-36(4)32-44(60)12/h21-32H,1-20H3/q+2. The van der Waals surface area contributed by atoms with Gasteiger partial charge in [0, 0.05) is 10.2 Å². The van der Waals surface area contributed by atoms with Crippen LogP contribution in [0.4, 0.5) is 23.3 Å². The maximum absolute atomic E-state index is 5.22. The van der Waals surface area contributed by atoms with Crippen LogP contribution in [0, 0.1) is 138 Å². The van der Waals surface area contributed by atoms with Crippen molar-refractivity contribution in [2.24, 2.45) is 20.5 Å². The molecule has 0 aliphatic heterocycles. The minimum Gasteiger partial charge on any atom is -0.197 e. The van der Waals surface area contributed by atoms with Gasteiger partial charge in [0.1, 0.15) is 58.9 Å². The second-order valence-electron chi connectivity index (χ2n) is 20.5. The molecule has 358 valence electrons. The Morgan fingerprint density at radius 3 is 0.800 bits per heavy atom. The van der Waals surface area contributed by atoms with E-state index in [9.17, 15) is 0 Å². The van der Waals surface area contributed by atoms with E-state index in [1.54, 1.807) is 0 Å². The van der Waals surface area contributed by atoms with Gasteiger partial charge in [0.05, 0.1) is 0 Å². The molecule has 70 heavy (non-hydrogen) atoms. The number of rotatable bonds is 9. The summed E-state index contributed by atoms with van der Waals surface area (Å²) in [6.45, 7) is 43.8. The first kappa shape index (κ1) is 49.4. The first-order chi connectivity index (χ1) is 33.0. The van der Waals surface area contributed by atoms with Gasteiger partial charge in [-0.15, -0.1) is 0 Å². The Morgan fingerprint density at radius 1 is 0.300 bits per heavy atom. The van der Waals surface area contributed by atoms with Gasteiger partial charge >= 0.3 is 11.9 Å². The zero-order chi connectivity index (χ0) is 50.9. The van der Waals surface area contributed by atoms with Crippen molar-refractivity contribution in [3.8, 4) is 33.9 Å². The van der Waals surface area contributed by atoms with E-state index >= 15 is 0 Å². The number of hydrogen-bond donors (Lipinski definition) is 0. The molecule has 0 N–H and O–H groups in total. The molecule has 2 heterocycles. The third-order valence-electron chi connectivity index (χ3n) is 15.0. The maximum atomic E-state index is 5.22. The van der Waals surface area contributed by atoms with Gasteiger partial charge in [-0.1, -0.05) is 81.0 Å². The lowest BCUT2D eigenvalue weighted by atomic mass is 9.81. The maximum Gasteiger partial charge on any atom is 0.431 e. The van der Waals surface area contributed by atoms with E-state index in [4.69, 9.17) is 20.5 Å². The Balaban J connectivity index is 1.26. The van der Waals surface area contributed by atoms with Gasteiger partial charge in [-0.2, -0.15) is 18.3 Å². The monoisotopic (exact) mass is 929 g/mol. The summed E-state index contributed by atoms with van der Waals surface area (Å²) in [5.74, 6) is 1.49. The average molecular weight is 929 g/mol. The SMILES string of the molecule is Cc1cc(C)c(-n2cc[n+](-c3c(C)cc(C)cc3C)c2N=Nc2c(C)c(C)c(-c3c(C)c(C)c(N=Nc4n(-c5c(C)cc(C)cc5C)cc[n+]4-c4c(C)cc(C)cc4C)c(C)c3C)c(C)c2C)c(C)c1. The molecule has 0 bridgehead atoms. The first-order valence-electron chi connectivity index (χ1n) is 24.7. The highest BCUT2D eigenvalue weighted by Gasteiger charge is 2.29. The summed E-state index contributed by atoms with van der Waals surface area (Å²) < 4.78 is 8.81. The third kappa shape index (κ3) is 8.45. The van der Waals surface area contributed by atoms with Crippen LogP contribution in [-0.2, 0) is 0 Å². The second kappa shape index (κ2) is 18.7. The highest BCUT2D eigenvalue weighted by Crippen LogP contribution is 2.45. The van der Waals surface area contributed by atoms with Crippen molar-refractivity contribution >= 4 is 23.3 Å². The summed E-state index contributed by atoms with van der Waals surface area (Å²) in [6.07, 6.45) is 8.51. The molecule has 8 aromatic rings. The van der Waals surface area contributed by atoms with Crippen LogP contribution in [0.15, 0.2) is 93.8 Å². The smallest absolute Gasteiger partial charge is 0.197 e. The summed E-state index contributed by atoms with van der Waals surface area (Å²) in [6, 6.07) is 18.0. The van der Waals surface area contributed by atoms with Crippen LogP contribution in [0.3, 0.4) is 0 Å². The van der Waals surface area contributed by atoms with Crippen molar-refractivity contribution in [1.29, 1.82) is 0 Å². The lowest BCUT2D eigenvalue weighted by molar-refractivity contribution is -0.582. The van der Waals surface area contributed by atoms with Gasteiger partial charge in [-0.3, -0.25) is 0 Å². The summed E-state index contributed by atoms with van der Waals surface area (Å²) in [7, 11) is 0. The average Bonchev–Trinajstić information content (AvgIpc) is 3.85. The molecule has 6 aromatic carbocycles. The Hall–Kier alpha value is -7.06. The lowest BCUT2D eigenvalue weighted by Crippen LogP contribution is -2.31. The summed E-state index contributed by atoms with van der Waals surface area (Å²) in [4.78, 5) is 0. The number of azo groups is 2. The molecule has 8 heteroatoms. The predicted octanol–water partition coefficient (Wildman–Crippen LogP) is 16.5. The zero-order valence-corrected chi connectivity index (χ0v) is 45.5.